The molecule has 1 unspecified atom stereocenters. The van der Waals surface area contributed by atoms with Crippen molar-refractivity contribution in [1.29, 1.82) is 0 Å². The number of hydrogen-bond acceptors (Lipinski definition) is 7. The van der Waals surface area contributed by atoms with Gasteiger partial charge in [-0.1, -0.05) is 12.1 Å². The quantitative estimate of drug-likeness (QED) is 0.390. The Balaban J connectivity index is 1.24. The van der Waals surface area contributed by atoms with Crippen LogP contribution < -0.4 is 5.32 Å². The Bertz CT molecular complexity index is 1600. The Kier molecular flexibility index (Phi) is 5.51. The van der Waals surface area contributed by atoms with Crippen molar-refractivity contribution in [2.45, 2.75) is 38.8 Å². The molecule has 1 aliphatic rings. The number of carbonyl (C=O) groups is 1. The number of pyridine rings is 2. The van der Waals surface area contributed by atoms with Crippen LogP contribution >= 0.6 is 0 Å². The van der Waals surface area contributed by atoms with Crippen LogP contribution in [0.5, 0.6) is 0 Å². The summed E-state index contributed by atoms with van der Waals surface area (Å²) >= 11 is 0. The average molecular weight is 497 g/mol. The Morgan fingerprint density at radius 1 is 1.05 bits per heavy atom. The monoisotopic (exact) mass is 496 g/mol. The van der Waals surface area contributed by atoms with Gasteiger partial charge in [-0.2, -0.15) is 10.2 Å². The first kappa shape index (κ1) is 23.0. The number of fused-ring (bicyclic) bond motifs is 2. The zero-order valence-electron chi connectivity index (χ0n) is 21.0. The van der Waals surface area contributed by atoms with Gasteiger partial charge in [0.05, 0.1) is 29.3 Å². The molecule has 1 fully saturated rings. The molecule has 10 nitrogen and oxygen atoms in total. The molecule has 0 spiro atoms. The summed E-state index contributed by atoms with van der Waals surface area (Å²) in [5, 5.41) is 12.8. The van der Waals surface area contributed by atoms with Crippen molar-refractivity contribution in [3.8, 4) is 22.6 Å². The van der Waals surface area contributed by atoms with Crippen LogP contribution in [0.25, 0.3) is 33.8 Å². The zero-order chi connectivity index (χ0) is 25.6. The summed E-state index contributed by atoms with van der Waals surface area (Å²) in [5.41, 5.74) is 4.50. The van der Waals surface area contributed by atoms with Crippen LogP contribution in [-0.2, 0) is 4.74 Å². The lowest BCUT2D eigenvalue weighted by atomic mass is 10.2. The molecule has 0 radical (unpaired) electrons. The highest BCUT2D eigenvalue weighted by molar-refractivity contribution is 5.78. The first-order valence-corrected chi connectivity index (χ1v) is 12.3. The minimum Gasteiger partial charge on any atom is -0.444 e. The van der Waals surface area contributed by atoms with E-state index in [2.05, 4.69) is 15.4 Å². The minimum absolute atomic E-state index is 0.0952. The van der Waals surface area contributed by atoms with Crippen LogP contribution in [0.4, 0.5) is 10.6 Å². The fraction of sp³-hybridized carbons (Fsp3) is 0.296. The summed E-state index contributed by atoms with van der Waals surface area (Å²) in [4.78, 5) is 23.5. The normalized spacial score (nSPS) is 16.0. The molecule has 10 heteroatoms. The number of likely N-dealkylation sites (tertiary alicyclic amines) is 1. The van der Waals surface area contributed by atoms with Crippen molar-refractivity contribution in [3.05, 3.63) is 67.1 Å². The fourth-order valence-corrected chi connectivity index (χ4v) is 4.56. The summed E-state index contributed by atoms with van der Waals surface area (Å²) in [5.74, 6) is 0.738. The molecule has 5 aromatic rings. The van der Waals surface area contributed by atoms with E-state index in [4.69, 9.17) is 14.8 Å². The molecule has 6 heterocycles. The maximum atomic E-state index is 12.4. The molecule has 0 aromatic carbocycles. The second-order valence-electron chi connectivity index (χ2n) is 10.2. The number of carbonyl (C=O) groups excluding carboxylic acids is 1. The number of rotatable bonds is 4. The Morgan fingerprint density at radius 3 is 2.81 bits per heavy atom. The van der Waals surface area contributed by atoms with E-state index in [0.717, 1.165) is 46.0 Å². The highest BCUT2D eigenvalue weighted by Crippen LogP contribution is 2.26. The minimum atomic E-state index is -0.508. The van der Waals surface area contributed by atoms with E-state index >= 15 is 0 Å². The number of hydrogen-bond donors (Lipinski definition) is 1. The van der Waals surface area contributed by atoms with Crippen LogP contribution in [0, 0.1) is 0 Å². The van der Waals surface area contributed by atoms with Gasteiger partial charge in [-0.25, -0.2) is 23.8 Å². The third kappa shape index (κ3) is 4.57. The molecule has 5 aromatic heterocycles. The van der Waals surface area contributed by atoms with Gasteiger partial charge in [-0.3, -0.25) is 0 Å². The number of nitrogens with zero attached hydrogens (tertiary/aromatic N) is 7. The van der Waals surface area contributed by atoms with Gasteiger partial charge in [-0.15, -0.1) is 0 Å². The molecule has 1 aliphatic heterocycles. The summed E-state index contributed by atoms with van der Waals surface area (Å²) in [6, 6.07) is 15.8. The van der Waals surface area contributed by atoms with Gasteiger partial charge in [0, 0.05) is 30.9 Å². The Labute approximate surface area is 213 Å². The largest absolute Gasteiger partial charge is 0.444 e. The molecular weight excluding hydrogens is 468 g/mol. The molecule has 0 bridgehead atoms. The van der Waals surface area contributed by atoms with Gasteiger partial charge < -0.3 is 15.0 Å². The Hall–Kier alpha value is -4.47. The fourth-order valence-electron chi connectivity index (χ4n) is 4.56. The van der Waals surface area contributed by atoms with Crippen LogP contribution in [0.3, 0.4) is 0 Å². The van der Waals surface area contributed by atoms with Crippen LogP contribution in [0.2, 0.25) is 0 Å². The van der Waals surface area contributed by atoms with Gasteiger partial charge in [-0.05, 0) is 63.6 Å². The molecule has 1 saturated heterocycles. The molecule has 1 atom stereocenters. The van der Waals surface area contributed by atoms with Crippen molar-refractivity contribution >= 4 is 23.1 Å². The molecule has 6 rings (SSSR count). The van der Waals surface area contributed by atoms with E-state index < -0.39 is 5.60 Å². The number of imidazole rings is 1. The predicted octanol–water partition coefficient (Wildman–Crippen LogP) is 4.53. The molecule has 37 heavy (non-hydrogen) atoms. The van der Waals surface area contributed by atoms with E-state index in [1.165, 1.54) is 0 Å². The van der Waals surface area contributed by atoms with Crippen LogP contribution in [-0.4, -0.2) is 64.9 Å². The summed E-state index contributed by atoms with van der Waals surface area (Å²) in [6.45, 7) is 6.85. The van der Waals surface area contributed by atoms with E-state index in [1.807, 2.05) is 90.7 Å². The maximum absolute atomic E-state index is 12.4. The van der Waals surface area contributed by atoms with Crippen LogP contribution in [0.15, 0.2) is 67.1 Å². The Morgan fingerprint density at radius 2 is 1.95 bits per heavy atom. The molecular formula is C27H28N8O2. The number of anilines is 1. The zero-order valence-corrected chi connectivity index (χ0v) is 21.0. The lowest BCUT2D eigenvalue weighted by Crippen LogP contribution is -2.36. The third-order valence-corrected chi connectivity index (χ3v) is 6.27. The second kappa shape index (κ2) is 8.88. The standard InChI is InChI=1S/C27H28N8O2/c1-27(2,3)37-26(36)33-14-12-18(17-33)30-24-9-6-7-21(31-24)23-16-28-25-11-10-20(32-35(23)25)19-15-29-34-13-5-4-8-22(19)34/h4-11,13,15-16,18H,12,14,17H2,1-3H3,(H,30,31). The number of amides is 1. The van der Waals surface area contributed by atoms with Crippen molar-refractivity contribution in [3.63, 3.8) is 0 Å². The highest BCUT2D eigenvalue weighted by Gasteiger charge is 2.30. The molecule has 1 amide bonds. The van der Waals surface area contributed by atoms with E-state index in [-0.39, 0.29) is 12.1 Å². The highest BCUT2D eigenvalue weighted by atomic mass is 16.6. The molecule has 0 aliphatic carbocycles. The van der Waals surface area contributed by atoms with Gasteiger partial charge in [0.15, 0.2) is 5.65 Å². The first-order chi connectivity index (χ1) is 17.8. The molecule has 188 valence electrons. The van der Waals surface area contributed by atoms with Crippen LogP contribution in [0.1, 0.15) is 27.2 Å². The SMILES string of the molecule is CC(C)(C)OC(=O)N1CCC(Nc2cccc(-c3cnc4ccc(-c5cnn6ccccc56)nn34)n2)C1. The topological polar surface area (TPSA) is 102 Å². The van der Waals surface area contributed by atoms with Crippen molar-refractivity contribution in [2.24, 2.45) is 0 Å². The average Bonchev–Trinajstić information content (AvgIpc) is 3.61. The number of aromatic nitrogens is 6. The van der Waals surface area contributed by atoms with E-state index in [0.29, 0.717) is 13.1 Å². The number of ether oxygens (including phenoxy) is 1. The lowest BCUT2D eigenvalue weighted by molar-refractivity contribution is 0.0293. The smallest absolute Gasteiger partial charge is 0.410 e. The van der Waals surface area contributed by atoms with Gasteiger partial charge in [0.2, 0.25) is 0 Å². The van der Waals surface area contributed by atoms with Gasteiger partial charge in [0.1, 0.15) is 17.1 Å². The van der Waals surface area contributed by atoms with E-state index in [9.17, 15) is 4.79 Å². The summed E-state index contributed by atoms with van der Waals surface area (Å²) in [7, 11) is 0. The van der Waals surface area contributed by atoms with Crippen molar-refractivity contribution in [2.75, 3.05) is 18.4 Å². The molecule has 0 saturated carbocycles. The van der Waals surface area contributed by atoms with Gasteiger partial charge in [0.25, 0.3) is 0 Å². The molecule has 1 N–H and O–H groups in total. The van der Waals surface area contributed by atoms with Gasteiger partial charge >= 0.3 is 6.09 Å². The predicted molar refractivity (Wildman–Crippen MR) is 140 cm³/mol. The second-order valence-corrected chi connectivity index (χ2v) is 10.2. The summed E-state index contributed by atoms with van der Waals surface area (Å²) < 4.78 is 9.16. The van der Waals surface area contributed by atoms with E-state index in [1.54, 1.807) is 11.1 Å². The number of nitrogens with one attached hydrogen (secondary N) is 1. The first-order valence-electron chi connectivity index (χ1n) is 12.3. The summed E-state index contributed by atoms with van der Waals surface area (Å²) in [6.07, 6.45) is 6.07. The third-order valence-electron chi connectivity index (χ3n) is 6.27. The lowest BCUT2D eigenvalue weighted by Gasteiger charge is -2.24. The van der Waals surface area contributed by atoms with Crippen molar-refractivity contribution in [1.82, 2.24) is 34.1 Å². The van der Waals surface area contributed by atoms with Crippen molar-refractivity contribution < 1.29 is 9.53 Å². The maximum Gasteiger partial charge on any atom is 0.410 e.